The van der Waals surface area contributed by atoms with Crippen molar-refractivity contribution >= 4 is 33.4 Å². The summed E-state index contributed by atoms with van der Waals surface area (Å²) in [4.78, 5) is 29.2. The lowest BCUT2D eigenvalue weighted by Gasteiger charge is -2.32. The van der Waals surface area contributed by atoms with Crippen molar-refractivity contribution in [3.63, 3.8) is 0 Å². The van der Waals surface area contributed by atoms with Gasteiger partial charge in [-0.3, -0.25) is 9.59 Å². The van der Waals surface area contributed by atoms with Gasteiger partial charge in [0, 0.05) is 37.8 Å². The van der Waals surface area contributed by atoms with Gasteiger partial charge in [0.05, 0.1) is 24.2 Å². The van der Waals surface area contributed by atoms with Gasteiger partial charge in [-0.05, 0) is 60.4 Å². The van der Waals surface area contributed by atoms with Crippen LogP contribution in [0.25, 0.3) is 0 Å². The van der Waals surface area contributed by atoms with E-state index in [1.165, 1.54) is 33.5 Å². The minimum Gasteiger partial charge on any atom is -0.484 e. The number of nitrogens with zero attached hydrogens (tertiary/aromatic N) is 2. The smallest absolute Gasteiger partial charge is 0.261 e. The van der Waals surface area contributed by atoms with Crippen molar-refractivity contribution in [1.82, 2.24) is 14.5 Å². The molecule has 0 saturated carbocycles. The Morgan fingerprint density at radius 2 is 1.68 bits per heavy atom. The van der Waals surface area contributed by atoms with E-state index in [1.807, 2.05) is 42.5 Å². The molecule has 0 aliphatic carbocycles. The van der Waals surface area contributed by atoms with E-state index < -0.39 is 22.0 Å². The van der Waals surface area contributed by atoms with Gasteiger partial charge in [0.25, 0.3) is 5.91 Å². The van der Waals surface area contributed by atoms with Gasteiger partial charge in [-0.2, -0.15) is 4.31 Å². The van der Waals surface area contributed by atoms with Crippen molar-refractivity contribution in [1.29, 1.82) is 0 Å². The maximum Gasteiger partial charge on any atom is 0.261 e. The van der Waals surface area contributed by atoms with E-state index in [4.69, 9.17) is 25.8 Å². The van der Waals surface area contributed by atoms with Crippen LogP contribution in [-0.4, -0.2) is 81.6 Å². The third kappa shape index (κ3) is 8.16. The van der Waals surface area contributed by atoms with Crippen LogP contribution >= 0.6 is 11.6 Å². The maximum absolute atomic E-state index is 13.9. The highest BCUT2D eigenvalue weighted by molar-refractivity contribution is 7.89. The van der Waals surface area contributed by atoms with Crippen molar-refractivity contribution in [2.75, 3.05) is 46.1 Å². The summed E-state index contributed by atoms with van der Waals surface area (Å²) in [5.41, 5.74) is 1.44. The van der Waals surface area contributed by atoms with Gasteiger partial charge in [0.1, 0.15) is 11.8 Å². The van der Waals surface area contributed by atoms with Crippen LogP contribution in [0.3, 0.4) is 0 Å². The third-order valence-corrected chi connectivity index (χ3v) is 9.75. The number of carbonyl (C=O) groups is 2. The second kappa shape index (κ2) is 15.0. The molecule has 2 heterocycles. The molecule has 2 saturated heterocycles. The zero-order chi connectivity index (χ0) is 30.9. The van der Waals surface area contributed by atoms with E-state index in [0.29, 0.717) is 55.8 Å². The number of rotatable bonds is 12. The molecule has 2 fully saturated rings. The number of benzene rings is 3. The quantitative estimate of drug-likeness (QED) is 0.320. The van der Waals surface area contributed by atoms with E-state index in [9.17, 15) is 18.0 Å². The van der Waals surface area contributed by atoms with Crippen LogP contribution < -0.4 is 10.1 Å². The second-order valence-electron chi connectivity index (χ2n) is 10.6. The molecule has 2 atom stereocenters. The number of hydrogen-bond acceptors (Lipinski definition) is 7. The summed E-state index contributed by atoms with van der Waals surface area (Å²) in [6.45, 7) is 2.07. The van der Waals surface area contributed by atoms with Crippen LogP contribution in [0.5, 0.6) is 5.75 Å². The predicted octanol–water partition coefficient (Wildman–Crippen LogP) is 3.81. The normalized spacial score (nSPS) is 18.0. The lowest BCUT2D eigenvalue weighted by atomic mass is 10.0. The summed E-state index contributed by atoms with van der Waals surface area (Å²) in [6, 6.07) is 21.2. The Morgan fingerprint density at radius 1 is 0.977 bits per heavy atom. The topological polar surface area (TPSA) is 114 Å². The van der Waals surface area contributed by atoms with Crippen LogP contribution in [0.4, 0.5) is 0 Å². The summed E-state index contributed by atoms with van der Waals surface area (Å²) < 4.78 is 44.1. The predicted molar refractivity (Wildman–Crippen MR) is 165 cm³/mol. The Kier molecular flexibility index (Phi) is 10.9. The average Bonchev–Trinajstić information content (AvgIpc) is 3.58. The number of hydrogen-bond donors (Lipinski definition) is 1. The first-order valence-electron chi connectivity index (χ1n) is 14.6. The fraction of sp³-hybridized carbons (Fsp3) is 0.375. The first-order chi connectivity index (χ1) is 21.3. The van der Waals surface area contributed by atoms with E-state index in [2.05, 4.69) is 5.32 Å². The monoisotopic (exact) mass is 641 g/mol. The first kappa shape index (κ1) is 31.9. The number of amides is 2. The highest BCUT2D eigenvalue weighted by Crippen LogP contribution is 2.26. The Hall–Kier alpha value is -3.48. The molecule has 234 valence electrons. The summed E-state index contributed by atoms with van der Waals surface area (Å²) in [5, 5.41) is 3.54. The van der Waals surface area contributed by atoms with Crippen molar-refractivity contribution in [3.05, 3.63) is 95.0 Å². The number of morpholine rings is 1. The van der Waals surface area contributed by atoms with Gasteiger partial charge in [-0.15, -0.1) is 0 Å². The molecule has 2 aliphatic rings. The molecule has 2 aliphatic heterocycles. The van der Waals surface area contributed by atoms with Crippen LogP contribution in [0.2, 0.25) is 5.02 Å². The van der Waals surface area contributed by atoms with Gasteiger partial charge in [0.15, 0.2) is 6.61 Å². The van der Waals surface area contributed by atoms with Crippen molar-refractivity contribution in [3.8, 4) is 5.75 Å². The molecule has 2 amide bonds. The minimum absolute atomic E-state index is 0.0610. The van der Waals surface area contributed by atoms with Crippen LogP contribution in [0.1, 0.15) is 30.0 Å². The first-order valence-corrected chi connectivity index (χ1v) is 16.4. The maximum atomic E-state index is 13.9. The average molecular weight is 642 g/mol. The fourth-order valence-electron chi connectivity index (χ4n) is 5.21. The summed E-state index contributed by atoms with van der Waals surface area (Å²) in [7, 11) is -3.66. The lowest BCUT2D eigenvalue weighted by molar-refractivity contribution is -0.143. The highest BCUT2D eigenvalue weighted by atomic mass is 35.5. The number of sulfonamides is 1. The molecule has 0 radical (unpaired) electrons. The second-order valence-corrected chi connectivity index (χ2v) is 13.0. The molecule has 12 heteroatoms. The Labute approximate surface area is 262 Å². The standard InChI is InChI=1S/C32H36ClN3O7S/c33-26-10-8-24(9-11-26)22-36(31(25-5-2-1-3-6-25)32(38)34-21-28-7-4-18-42-28)30(37)23-43-27-12-14-29(15-13-27)44(39,40)35-16-19-41-20-17-35/h1-3,5-6,8-15,28,31H,4,7,16-23H2,(H,34,38)/t28-,31-/m0/s1. The summed E-state index contributed by atoms with van der Waals surface area (Å²) in [6.07, 6.45) is 1.75. The van der Waals surface area contributed by atoms with Crippen molar-refractivity contribution < 1.29 is 32.2 Å². The molecule has 0 bridgehead atoms. The number of halogens is 1. The van der Waals surface area contributed by atoms with Gasteiger partial charge < -0.3 is 24.4 Å². The third-order valence-electron chi connectivity index (χ3n) is 7.58. The van der Waals surface area contributed by atoms with Crippen molar-refractivity contribution in [2.24, 2.45) is 0 Å². The molecular weight excluding hydrogens is 606 g/mol. The SMILES string of the molecule is O=C(NC[C@@H]1CCCO1)[C@H](c1ccccc1)N(Cc1ccc(Cl)cc1)C(=O)COc1ccc(S(=O)(=O)N2CCOCC2)cc1. The summed E-state index contributed by atoms with van der Waals surface area (Å²) >= 11 is 6.10. The van der Waals surface area contributed by atoms with Gasteiger partial charge in [-0.25, -0.2) is 8.42 Å². The molecule has 3 aromatic rings. The molecule has 3 aromatic carbocycles. The van der Waals surface area contributed by atoms with Crippen molar-refractivity contribution in [2.45, 2.75) is 36.4 Å². The molecule has 5 rings (SSSR count). The molecule has 0 aromatic heterocycles. The van der Waals surface area contributed by atoms with Gasteiger partial charge in [-0.1, -0.05) is 54.1 Å². The van der Waals surface area contributed by atoms with Gasteiger partial charge in [0.2, 0.25) is 15.9 Å². The van der Waals surface area contributed by atoms with E-state index in [0.717, 1.165) is 18.4 Å². The Morgan fingerprint density at radius 3 is 2.34 bits per heavy atom. The number of carbonyl (C=O) groups excluding carboxylic acids is 2. The highest BCUT2D eigenvalue weighted by Gasteiger charge is 2.33. The number of nitrogens with one attached hydrogen (secondary N) is 1. The van der Waals surface area contributed by atoms with Crippen LogP contribution in [0.15, 0.2) is 83.8 Å². The van der Waals surface area contributed by atoms with E-state index in [1.54, 1.807) is 12.1 Å². The number of ether oxygens (including phenoxy) is 3. The molecule has 44 heavy (non-hydrogen) atoms. The zero-order valence-corrected chi connectivity index (χ0v) is 25.8. The lowest BCUT2D eigenvalue weighted by Crippen LogP contribution is -2.46. The fourth-order valence-corrected chi connectivity index (χ4v) is 6.74. The van der Waals surface area contributed by atoms with Crippen LogP contribution in [-0.2, 0) is 35.6 Å². The van der Waals surface area contributed by atoms with E-state index in [-0.39, 0.29) is 30.1 Å². The largest absolute Gasteiger partial charge is 0.484 e. The molecule has 1 N–H and O–H groups in total. The minimum atomic E-state index is -3.66. The molecule has 10 nitrogen and oxygen atoms in total. The molecule has 0 spiro atoms. The van der Waals surface area contributed by atoms with E-state index >= 15 is 0 Å². The van der Waals surface area contributed by atoms with Gasteiger partial charge >= 0.3 is 0 Å². The zero-order valence-electron chi connectivity index (χ0n) is 24.3. The Bertz CT molecular complexity index is 1490. The van der Waals surface area contributed by atoms with Crippen LogP contribution in [0, 0.1) is 0 Å². The molecular formula is C32H36ClN3O7S. The summed E-state index contributed by atoms with van der Waals surface area (Å²) in [5.74, 6) is -0.428. The molecule has 0 unspecified atom stereocenters. The Balaban J connectivity index is 1.34.